The molecule has 6 N–H and O–H groups in total. The van der Waals surface area contributed by atoms with E-state index >= 15 is 0 Å². The number of hydrogen-bond acceptors (Lipinski definition) is 11. The number of rotatable bonds is 9. The van der Waals surface area contributed by atoms with Crippen molar-refractivity contribution in [1.29, 1.82) is 0 Å². The van der Waals surface area contributed by atoms with Crippen molar-refractivity contribution in [3.8, 4) is 0 Å². The number of nitro benzene ring substituents is 1. The Bertz CT molecular complexity index is 1260. The van der Waals surface area contributed by atoms with Gasteiger partial charge in [0.05, 0.1) is 36.2 Å². The second kappa shape index (κ2) is 17.1. The fourth-order valence-corrected chi connectivity index (χ4v) is 5.31. The summed E-state index contributed by atoms with van der Waals surface area (Å²) in [7, 11) is 6.80. The van der Waals surface area contributed by atoms with Gasteiger partial charge in [0.15, 0.2) is 0 Å². The third-order valence-electron chi connectivity index (χ3n) is 8.01. The van der Waals surface area contributed by atoms with Crippen LogP contribution in [0.1, 0.15) is 38.5 Å². The van der Waals surface area contributed by atoms with E-state index in [0.717, 1.165) is 31.7 Å². The number of carbonyl (C=O) groups is 2. The lowest BCUT2D eigenvalue weighted by Gasteiger charge is -2.32. The van der Waals surface area contributed by atoms with Gasteiger partial charge in [-0.2, -0.15) is 0 Å². The van der Waals surface area contributed by atoms with Crippen molar-refractivity contribution in [3.05, 3.63) is 46.5 Å². The van der Waals surface area contributed by atoms with Gasteiger partial charge in [0.1, 0.15) is 5.69 Å². The third kappa shape index (κ3) is 10.5. The van der Waals surface area contributed by atoms with Crippen LogP contribution in [0.5, 0.6) is 0 Å². The van der Waals surface area contributed by atoms with Gasteiger partial charge in [0, 0.05) is 36.9 Å². The molecule has 14 heteroatoms. The summed E-state index contributed by atoms with van der Waals surface area (Å²) in [6, 6.07) is 10.9. The van der Waals surface area contributed by atoms with Crippen LogP contribution in [0.3, 0.4) is 0 Å². The summed E-state index contributed by atoms with van der Waals surface area (Å²) in [5.74, 6) is 0. The number of hydrogen-bond donors (Lipinski definition) is 5. The number of piperidine rings is 2. The number of anilines is 5. The Hall–Kier alpha value is -4.30. The summed E-state index contributed by atoms with van der Waals surface area (Å²) in [6.45, 7) is 3.74. The highest BCUT2D eigenvalue weighted by Gasteiger charge is 2.21. The molecule has 0 aromatic heterocycles. The summed E-state index contributed by atoms with van der Waals surface area (Å²) in [5, 5.41) is 22.8. The molecule has 0 spiro atoms. The molecule has 2 aliphatic rings. The SMILES string of the molecule is COC(=O)Nc1ccc(NCC2CCCCN2C)c(N)c1.COC(=O)Nc1ccc(NCC2CCCCN2C)c([N+](=O)[O-])c1. The van der Waals surface area contributed by atoms with Crippen LogP contribution in [0.4, 0.5) is 43.7 Å². The minimum atomic E-state index is -0.663. The lowest BCUT2D eigenvalue weighted by molar-refractivity contribution is -0.383. The third-order valence-corrected chi connectivity index (χ3v) is 8.01. The Morgan fingerprint density at radius 2 is 1.32 bits per heavy atom. The molecule has 0 aliphatic carbocycles. The molecule has 2 aliphatic heterocycles. The van der Waals surface area contributed by atoms with Crippen molar-refractivity contribution in [2.75, 3.05) is 81.5 Å². The fourth-order valence-electron chi connectivity index (χ4n) is 5.31. The highest BCUT2D eigenvalue weighted by atomic mass is 16.6. The number of nitrogens with one attached hydrogen (secondary N) is 4. The molecule has 44 heavy (non-hydrogen) atoms. The van der Waals surface area contributed by atoms with Crippen molar-refractivity contribution in [2.45, 2.75) is 50.6 Å². The van der Waals surface area contributed by atoms with Crippen LogP contribution in [-0.2, 0) is 9.47 Å². The quantitative estimate of drug-likeness (QED) is 0.146. The number of nitro groups is 1. The molecule has 14 nitrogen and oxygen atoms in total. The molecule has 2 heterocycles. The van der Waals surface area contributed by atoms with Crippen LogP contribution in [0.15, 0.2) is 36.4 Å². The van der Waals surface area contributed by atoms with Gasteiger partial charge in [-0.25, -0.2) is 9.59 Å². The molecule has 4 rings (SSSR count). The molecule has 2 amide bonds. The zero-order valence-electron chi connectivity index (χ0n) is 26.1. The van der Waals surface area contributed by atoms with E-state index in [0.29, 0.717) is 41.4 Å². The molecule has 0 bridgehead atoms. The maximum atomic E-state index is 11.3. The number of nitrogens with zero attached hydrogens (tertiary/aromatic N) is 3. The van der Waals surface area contributed by atoms with Crippen LogP contribution in [0.25, 0.3) is 0 Å². The Balaban J connectivity index is 0.000000241. The number of likely N-dealkylation sites (N-methyl/N-ethyl adjacent to an activating group) is 2. The summed E-state index contributed by atoms with van der Waals surface area (Å²) >= 11 is 0. The summed E-state index contributed by atoms with van der Waals surface area (Å²) in [5.41, 5.74) is 8.85. The molecule has 2 saturated heterocycles. The number of likely N-dealkylation sites (tertiary alicyclic amines) is 2. The topological polar surface area (TPSA) is 176 Å². The second-order valence-corrected chi connectivity index (χ2v) is 11.0. The van der Waals surface area contributed by atoms with E-state index in [1.165, 1.54) is 52.4 Å². The van der Waals surface area contributed by atoms with E-state index in [9.17, 15) is 19.7 Å². The number of nitrogen functional groups attached to an aromatic ring is 1. The largest absolute Gasteiger partial charge is 0.453 e. The first-order valence-electron chi connectivity index (χ1n) is 14.9. The predicted molar refractivity (Wildman–Crippen MR) is 174 cm³/mol. The standard InChI is InChI=1S/C15H22N4O4.C15H24N4O2/c1-18-8-4-3-5-12(18)10-16-13-7-6-11(17-15(20)23-2)9-14(13)19(21)22;1-19-8-4-3-5-12(19)10-17-14-7-6-11(9-13(14)16)18-15(20)21-2/h6-7,9,12,16H,3-5,8,10H2,1-2H3,(H,17,20);6-7,9,12,17H,3-5,8,10,16H2,1-2H3,(H,18,20). The van der Waals surface area contributed by atoms with Crippen molar-refractivity contribution in [1.82, 2.24) is 9.80 Å². The van der Waals surface area contributed by atoms with Gasteiger partial charge in [-0.15, -0.1) is 0 Å². The number of amides is 2. The number of methoxy groups -OCH3 is 2. The number of nitrogens with two attached hydrogens (primary N) is 1. The van der Waals surface area contributed by atoms with Crippen LogP contribution >= 0.6 is 0 Å². The van der Waals surface area contributed by atoms with Crippen LogP contribution in [0, 0.1) is 10.1 Å². The number of ether oxygens (including phenoxy) is 2. The Morgan fingerprint density at radius 3 is 1.77 bits per heavy atom. The van der Waals surface area contributed by atoms with E-state index in [-0.39, 0.29) is 5.69 Å². The van der Waals surface area contributed by atoms with Gasteiger partial charge in [-0.3, -0.25) is 20.7 Å². The molecule has 2 aromatic carbocycles. The Morgan fingerprint density at radius 1 is 0.841 bits per heavy atom. The number of benzene rings is 2. The van der Waals surface area contributed by atoms with E-state index < -0.39 is 17.1 Å². The first kappa shape index (κ1) is 34.2. The monoisotopic (exact) mass is 614 g/mol. The fraction of sp³-hybridized carbons (Fsp3) is 0.533. The van der Waals surface area contributed by atoms with Crippen molar-refractivity contribution >= 4 is 46.3 Å². The predicted octanol–water partition coefficient (Wildman–Crippen LogP) is 5.01. The van der Waals surface area contributed by atoms with Gasteiger partial charge in [-0.1, -0.05) is 12.8 Å². The summed E-state index contributed by atoms with van der Waals surface area (Å²) < 4.78 is 9.03. The first-order chi connectivity index (χ1) is 21.1. The highest BCUT2D eigenvalue weighted by molar-refractivity contribution is 5.87. The molecular formula is C30H46N8O6. The van der Waals surface area contributed by atoms with Crippen LogP contribution in [0.2, 0.25) is 0 Å². The minimum absolute atomic E-state index is 0.0719. The molecule has 0 saturated carbocycles. The van der Waals surface area contributed by atoms with Gasteiger partial charge in [0.2, 0.25) is 0 Å². The Labute approximate surface area is 258 Å². The molecule has 2 fully saturated rings. The maximum absolute atomic E-state index is 11.3. The minimum Gasteiger partial charge on any atom is -0.453 e. The number of carbonyl (C=O) groups excluding carboxylic acids is 2. The normalized spacial score (nSPS) is 18.6. The van der Waals surface area contributed by atoms with Crippen molar-refractivity contribution < 1.29 is 24.0 Å². The smallest absolute Gasteiger partial charge is 0.411 e. The van der Waals surface area contributed by atoms with E-state index in [1.807, 2.05) is 6.07 Å². The Kier molecular flexibility index (Phi) is 13.3. The van der Waals surface area contributed by atoms with Gasteiger partial charge in [0.25, 0.3) is 5.69 Å². The molecule has 2 atom stereocenters. The molecule has 2 unspecified atom stereocenters. The summed E-state index contributed by atoms with van der Waals surface area (Å²) in [6.07, 6.45) is 6.08. The van der Waals surface area contributed by atoms with Gasteiger partial charge in [-0.05, 0) is 83.2 Å². The molecule has 2 aromatic rings. The van der Waals surface area contributed by atoms with Gasteiger partial charge >= 0.3 is 12.2 Å². The molecule has 0 radical (unpaired) electrons. The maximum Gasteiger partial charge on any atom is 0.411 e. The first-order valence-corrected chi connectivity index (χ1v) is 14.9. The van der Waals surface area contributed by atoms with E-state index in [4.69, 9.17) is 5.73 Å². The lowest BCUT2D eigenvalue weighted by atomic mass is 10.0. The van der Waals surface area contributed by atoms with E-state index in [1.54, 1.807) is 24.3 Å². The van der Waals surface area contributed by atoms with Crippen molar-refractivity contribution in [2.24, 2.45) is 0 Å². The second-order valence-electron chi connectivity index (χ2n) is 11.0. The zero-order chi connectivity index (χ0) is 32.1. The van der Waals surface area contributed by atoms with E-state index in [2.05, 4.69) is 54.6 Å². The van der Waals surface area contributed by atoms with Crippen molar-refractivity contribution in [3.63, 3.8) is 0 Å². The molecule has 242 valence electrons. The lowest BCUT2D eigenvalue weighted by Crippen LogP contribution is -2.40. The molecular weight excluding hydrogens is 568 g/mol. The van der Waals surface area contributed by atoms with Gasteiger partial charge < -0.3 is 35.6 Å². The zero-order valence-corrected chi connectivity index (χ0v) is 26.1. The van der Waals surface area contributed by atoms with Crippen LogP contribution < -0.4 is 27.0 Å². The highest BCUT2D eigenvalue weighted by Crippen LogP contribution is 2.29. The van der Waals surface area contributed by atoms with Crippen LogP contribution in [-0.4, -0.2) is 93.5 Å². The average Bonchev–Trinajstić information content (AvgIpc) is 3.01. The summed E-state index contributed by atoms with van der Waals surface area (Å²) in [4.78, 5) is 37.8. The average molecular weight is 615 g/mol.